The van der Waals surface area contributed by atoms with Crippen molar-refractivity contribution < 1.29 is 4.79 Å². The van der Waals surface area contributed by atoms with E-state index in [1.165, 1.54) is 6.33 Å². The lowest BCUT2D eigenvalue weighted by Crippen LogP contribution is -2.14. The SMILES string of the molecule is Cc1cccc(-n2nc(C(=O)Nc3ccc(NC(C)C)cc3)cc2-c2ccc3ncnn3c2)n1. The van der Waals surface area contributed by atoms with Crippen LogP contribution in [-0.2, 0) is 0 Å². The van der Waals surface area contributed by atoms with E-state index in [0.717, 1.165) is 28.3 Å². The maximum Gasteiger partial charge on any atom is 0.276 e. The number of rotatable bonds is 6. The van der Waals surface area contributed by atoms with Crippen LogP contribution >= 0.6 is 0 Å². The highest BCUT2D eigenvalue weighted by Crippen LogP contribution is 2.25. The number of fused-ring (bicyclic) bond motifs is 1. The average Bonchev–Trinajstić information content (AvgIpc) is 3.47. The predicted molar refractivity (Wildman–Crippen MR) is 131 cm³/mol. The summed E-state index contributed by atoms with van der Waals surface area (Å²) in [5.74, 6) is 0.316. The summed E-state index contributed by atoms with van der Waals surface area (Å²) in [6.45, 7) is 6.07. The standard InChI is InChI=1S/C25H24N8O/c1-16(2)28-19-8-10-20(11-9-19)30-25(34)21-13-22(18-7-12-23-26-15-27-32(23)14-18)33(31-21)24-6-4-5-17(3)29-24/h4-16,28H,1-3H3,(H,30,34). The van der Waals surface area contributed by atoms with Crippen LogP contribution in [0.2, 0.25) is 0 Å². The van der Waals surface area contributed by atoms with Gasteiger partial charge in [0.2, 0.25) is 0 Å². The Morgan fingerprint density at radius 1 is 1.00 bits per heavy atom. The predicted octanol–water partition coefficient (Wildman–Crippen LogP) is 4.36. The van der Waals surface area contributed by atoms with Gasteiger partial charge in [-0.3, -0.25) is 4.79 Å². The monoisotopic (exact) mass is 452 g/mol. The second kappa shape index (κ2) is 8.78. The first-order valence-electron chi connectivity index (χ1n) is 11.0. The maximum atomic E-state index is 13.1. The number of aryl methyl sites for hydroxylation is 1. The molecule has 0 fully saturated rings. The second-order valence-corrected chi connectivity index (χ2v) is 8.27. The van der Waals surface area contributed by atoms with Gasteiger partial charge in [-0.1, -0.05) is 6.07 Å². The van der Waals surface area contributed by atoms with E-state index in [1.54, 1.807) is 15.3 Å². The normalized spacial score (nSPS) is 11.2. The van der Waals surface area contributed by atoms with Crippen LogP contribution in [0.4, 0.5) is 11.4 Å². The lowest BCUT2D eigenvalue weighted by molar-refractivity contribution is 0.102. The number of benzene rings is 1. The quantitative estimate of drug-likeness (QED) is 0.397. The van der Waals surface area contributed by atoms with Crippen molar-refractivity contribution in [1.82, 2.24) is 29.4 Å². The van der Waals surface area contributed by atoms with Crippen LogP contribution in [0, 0.1) is 6.92 Å². The van der Waals surface area contributed by atoms with Gasteiger partial charge in [-0.05, 0) is 75.4 Å². The summed E-state index contributed by atoms with van der Waals surface area (Å²) in [7, 11) is 0. The number of anilines is 2. The Hall–Kier alpha value is -4.53. The van der Waals surface area contributed by atoms with Crippen molar-refractivity contribution in [2.45, 2.75) is 26.8 Å². The maximum absolute atomic E-state index is 13.1. The van der Waals surface area contributed by atoms with Gasteiger partial charge in [0.05, 0.1) is 5.69 Å². The molecule has 0 aliphatic rings. The summed E-state index contributed by atoms with van der Waals surface area (Å²) in [5, 5.41) is 15.1. The van der Waals surface area contributed by atoms with E-state index in [-0.39, 0.29) is 11.6 Å². The minimum absolute atomic E-state index is 0.279. The van der Waals surface area contributed by atoms with Gasteiger partial charge in [0.25, 0.3) is 5.91 Å². The number of hydrogen-bond donors (Lipinski definition) is 2. The molecule has 1 amide bonds. The molecule has 0 spiro atoms. The fraction of sp³-hybridized carbons (Fsp3) is 0.160. The Bertz CT molecular complexity index is 1470. The molecular formula is C25H24N8O. The lowest BCUT2D eigenvalue weighted by atomic mass is 10.2. The number of nitrogens with zero attached hydrogens (tertiary/aromatic N) is 6. The Balaban J connectivity index is 1.50. The van der Waals surface area contributed by atoms with E-state index in [0.29, 0.717) is 17.5 Å². The van der Waals surface area contributed by atoms with Crippen LogP contribution in [0.15, 0.2) is 73.2 Å². The van der Waals surface area contributed by atoms with Crippen molar-refractivity contribution >= 4 is 22.9 Å². The molecule has 4 aromatic heterocycles. The van der Waals surface area contributed by atoms with Crippen LogP contribution in [0.1, 0.15) is 30.0 Å². The van der Waals surface area contributed by atoms with Gasteiger partial charge < -0.3 is 10.6 Å². The molecule has 0 unspecified atom stereocenters. The number of carbonyl (C=O) groups excluding carboxylic acids is 1. The zero-order chi connectivity index (χ0) is 23.7. The molecule has 1 aromatic carbocycles. The summed E-state index contributed by atoms with van der Waals surface area (Å²) in [6, 6.07) is 19.2. The molecule has 4 heterocycles. The summed E-state index contributed by atoms with van der Waals surface area (Å²) in [4.78, 5) is 21.9. The number of hydrogen-bond acceptors (Lipinski definition) is 6. The smallest absolute Gasteiger partial charge is 0.276 e. The van der Waals surface area contributed by atoms with E-state index in [2.05, 4.69) is 44.6 Å². The average molecular weight is 453 g/mol. The molecule has 5 aromatic rings. The summed E-state index contributed by atoms with van der Waals surface area (Å²) >= 11 is 0. The molecule has 0 saturated heterocycles. The van der Waals surface area contributed by atoms with E-state index < -0.39 is 0 Å². The molecule has 170 valence electrons. The van der Waals surface area contributed by atoms with Gasteiger partial charge in [0, 0.05) is 34.9 Å². The van der Waals surface area contributed by atoms with Crippen molar-refractivity contribution in [2.75, 3.05) is 10.6 Å². The van der Waals surface area contributed by atoms with Gasteiger partial charge in [-0.15, -0.1) is 0 Å². The summed E-state index contributed by atoms with van der Waals surface area (Å²) in [5.41, 5.74) is 5.10. The molecule has 0 bridgehead atoms. The molecule has 0 radical (unpaired) electrons. The van der Waals surface area contributed by atoms with Crippen LogP contribution < -0.4 is 10.6 Å². The molecule has 9 nitrogen and oxygen atoms in total. The first-order valence-corrected chi connectivity index (χ1v) is 11.0. The van der Waals surface area contributed by atoms with E-state index >= 15 is 0 Å². The molecular weight excluding hydrogens is 428 g/mol. The van der Waals surface area contributed by atoms with Crippen molar-refractivity contribution in [3.8, 4) is 17.1 Å². The molecule has 9 heteroatoms. The van der Waals surface area contributed by atoms with Crippen LogP contribution in [0.3, 0.4) is 0 Å². The highest BCUT2D eigenvalue weighted by Gasteiger charge is 2.18. The highest BCUT2D eigenvalue weighted by atomic mass is 16.2. The number of amides is 1. The number of carbonyl (C=O) groups is 1. The molecule has 0 aliphatic heterocycles. The van der Waals surface area contributed by atoms with Gasteiger partial charge in [0.15, 0.2) is 17.2 Å². The second-order valence-electron chi connectivity index (χ2n) is 8.27. The zero-order valence-electron chi connectivity index (χ0n) is 19.1. The van der Waals surface area contributed by atoms with E-state index in [9.17, 15) is 4.79 Å². The third kappa shape index (κ3) is 4.36. The highest BCUT2D eigenvalue weighted by molar-refractivity contribution is 6.03. The fourth-order valence-corrected chi connectivity index (χ4v) is 3.67. The largest absolute Gasteiger partial charge is 0.383 e. The van der Waals surface area contributed by atoms with Crippen LogP contribution in [0.25, 0.3) is 22.7 Å². The summed E-state index contributed by atoms with van der Waals surface area (Å²) < 4.78 is 3.36. The minimum Gasteiger partial charge on any atom is -0.383 e. The van der Waals surface area contributed by atoms with Gasteiger partial charge in [-0.2, -0.15) is 10.2 Å². The van der Waals surface area contributed by atoms with E-state index in [1.807, 2.05) is 67.7 Å². The Labute approximate surface area is 196 Å². The first-order chi connectivity index (χ1) is 16.5. The Morgan fingerprint density at radius 3 is 2.56 bits per heavy atom. The van der Waals surface area contributed by atoms with Crippen molar-refractivity contribution in [3.63, 3.8) is 0 Å². The fourth-order valence-electron chi connectivity index (χ4n) is 3.67. The van der Waals surface area contributed by atoms with Crippen molar-refractivity contribution in [1.29, 1.82) is 0 Å². The van der Waals surface area contributed by atoms with Gasteiger partial charge >= 0.3 is 0 Å². The number of nitrogens with one attached hydrogen (secondary N) is 2. The summed E-state index contributed by atoms with van der Waals surface area (Å²) in [6.07, 6.45) is 3.35. The molecule has 0 aliphatic carbocycles. The van der Waals surface area contributed by atoms with E-state index in [4.69, 9.17) is 0 Å². The van der Waals surface area contributed by atoms with Crippen molar-refractivity contribution in [2.24, 2.45) is 0 Å². The molecule has 0 saturated carbocycles. The van der Waals surface area contributed by atoms with Crippen LogP contribution in [-0.4, -0.2) is 41.3 Å². The third-order valence-electron chi connectivity index (χ3n) is 5.20. The Kier molecular flexibility index (Phi) is 5.51. The number of pyridine rings is 2. The molecule has 2 N–H and O–H groups in total. The van der Waals surface area contributed by atoms with Crippen molar-refractivity contribution in [3.05, 3.63) is 84.6 Å². The van der Waals surface area contributed by atoms with Gasteiger partial charge in [0.1, 0.15) is 6.33 Å². The molecule has 5 rings (SSSR count). The number of aromatic nitrogens is 6. The minimum atomic E-state index is -0.306. The van der Waals surface area contributed by atoms with Gasteiger partial charge in [-0.25, -0.2) is 19.2 Å². The Morgan fingerprint density at radius 2 is 1.79 bits per heavy atom. The van der Waals surface area contributed by atoms with Crippen LogP contribution in [0.5, 0.6) is 0 Å². The molecule has 0 atom stereocenters. The third-order valence-corrected chi connectivity index (χ3v) is 5.20. The topological polar surface area (TPSA) is 102 Å². The zero-order valence-corrected chi connectivity index (χ0v) is 19.1. The molecule has 34 heavy (non-hydrogen) atoms. The first kappa shape index (κ1) is 21.3. The lowest BCUT2D eigenvalue weighted by Gasteiger charge is -2.10.